The molecule has 3 nitrogen and oxygen atoms in total. The van der Waals surface area contributed by atoms with Crippen LogP contribution in [0.15, 0.2) is 12.7 Å². The quantitative estimate of drug-likeness (QED) is 0.675. The largest absolute Gasteiger partial charge is 0.348 e. The van der Waals surface area contributed by atoms with E-state index in [0.29, 0.717) is 30.3 Å². The molecule has 2 aliphatic heterocycles. The Morgan fingerprint density at radius 2 is 1.96 bits per heavy atom. The van der Waals surface area contributed by atoms with Crippen LogP contribution in [-0.2, 0) is 14.2 Å². The second-order valence-corrected chi connectivity index (χ2v) is 8.94. The van der Waals surface area contributed by atoms with Crippen LogP contribution in [-0.4, -0.2) is 24.8 Å². The van der Waals surface area contributed by atoms with E-state index in [1.54, 1.807) is 6.08 Å². The molecule has 0 amide bonds. The first-order valence-electron chi connectivity index (χ1n) is 9.93. The zero-order valence-electron chi connectivity index (χ0n) is 16.2. The molecule has 0 aromatic rings. The molecular formula is C21H36O3. The summed E-state index contributed by atoms with van der Waals surface area (Å²) in [4.78, 5) is 0. The molecule has 8 unspecified atom stereocenters. The van der Waals surface area contributed by atoms with Gasteiger partial charge in [0, 0.05) is 11.8 Å². The van der Waals surface area contributed by atoms with Crippen LogP contribution in [0, 0.1) is 35.5 Å². The molecule has 8 atom stereocenters. The molecule has 138 valence electrons. The normalized spacial score (nSPS) is 48.7. The van der Waals surface area contributed by atoms with Gasteiger partial charge in [0.05, 0.1) is 12.2 Å². The standard InChI is InChI=1S/C21H36O3/c1-7-12-22-19-15(5)17-9-8-14(4)16-10-11-21(6,13(2)3)24-20(23-19)18(16)17/h7,13-20H,1,8-12H2,2-6H3. The summed E-state index contributed by atoms with van der Waals surface area (Å²) in [6.07, 6.45) is 6.52. The van der Waals surface area contributed by atoms with E-state index in [0.717, 1.165) is 18.3 Å². The Bertz CT molecular complexity index is 448. The minimum Gasteiger partial charge on any atom is -0.348 e. The number of hydrogen-bond donors (Lipinski definition) is 0. The first-order chi connectivity index (χ1) is 11.4. The smallest absolute Gasteiger partial charge is 0.164 e. The molecule has 2 heterocycles. The number of ether oxygens (including phenoxy) is 3. The van der Waals surface area contributed by atoms with Crippen molar-refractivity contribution < 1.29 is 14.2 Å². The number of hydrogen-bond acceptors (Lipinski definition) is 3. The molecule has 24 heavy (non-hydrogen) atoms. The van der Waals surface area contributed by atoms with E-state index in [9.17, 15) is 0 Å². The lowest BCUT2D eigenvalue weighted by Gasteiger charge is -2.52. The van der Waals surface area contributed by atoms with Crippen molar-refractivity contribution in [3.8, 4) is 0 Å². The average Bonchev–Trinajstić information content (AvgIpc) is 2.69. The van der Waals surface area contributed by atoms with Gasteiger partial charge in [-0.1, -0.05) is 40.2 Å². The Balaban J connectivity index is 1.89. The predicted molar refractivity (Wildman–Crippen MR) is 96.4 cm³/mol. The summed E-state index contributed by atoms with van der Waals surface area (Å²) >= 11 is 0. The van der Waals surface area contributed by atoms with Crippen LogP contribution in [0.1, 0.15) is 60.3 Å². The molecule has 0 aromatic carbocycles. The first kappa shape index (κ1) is 18.4. The van der Waals surface area contributed by atoms with Gasteiger partial charge in [-0.05, 0) is 49.9 Å². The average molecular weight is 337 g/mol. The van der Waals surface area contributed by atoms with Gasteiger partial charge in [-0.25, -0.2) is 0 Å². The number of rotatable bonds is 4. The fourth-order valence-corrected chi connectivity index (χ4v) is 5.26. The summed E-state index contributed by atoms with van der Waals surface area (Å²) < 4.78 is 19.1. The van der Waals surface area contributed by atoms with Crippen LogP contribution in [0.25, 0.3) is 0 Å². The second-order valence-electron chi connectivity index (χ2n) is 8.94. The SMILES string of the molecule is C=CCOC1OC2OC(C)(C(C)C)CCC3C(C)CCC(C1C)C23. The maximum Gasteiger partial charge on any atom is 0.164 e. The summed E-state index contributed by atoms with van der Waals surface area (Å²) in [5, 5.41) is 0. The fraction of sp³-hybridized carbons (Fsp3) is 0.905. The monoisotopic (exact) mass is 336 g/mol. The lowest BCUT2D eigenvalue weighted by atomic mass is 9.61. The Labute approximate surface area is 148 Å². The lowest BCUT2D eigenvalue weighted by Crippen LogP contribution is -2.54. The van der Waals surface area contributed by atoms with Crippen molar-refractivity contribution in [3.63, 3.8) is 0 Å². The van der Waals surface area contributed by atoms with Crippen molar-refractivity contribution in [2.24, 2.45) is 35.5 Å². The van der Waals surface area contributed by atoms with E-state index < -0.39 is 0 Å². The van der Waals surface area contributed by atoms with Crippen LogP contribution in [0.5, 0.6) is 0 Å². The highest BCUT2D eigenvalue weighted by molar-refractivity contribution is 4.98. The fourth-order valence-electron chi connectivity index (χ4n) is 5.26. The van der Waals surface area contributed by atoms with Gasteiger partial charge in [-0.15, -0.1) is 6.58 Å². The van der Waals surface area contributed by atoms with E-state index in [1.807, 2.05) is 0 Å². The van der Waals surface area contributed by atoms with Crippen LogP contribution >= 0.6 is 0 Å². The van der Waals surface area contributed by atoms with Gasteiger partial charge < -0.3 is 14.2 Å². The van der Waals surface area contributed by atoms with Crippen molar-refractivity contribution >= 4 is 0 Å². The predicted octanol–water partition coefficient (Wildman–Crippen LogP) is 5.01. The summed E-state index contributed by atoms with van der Waals surface area (Å²) in [7, 11) is 0. The van der Waals surface area contributed by atoms with E-state index in [4.69, 9.17) is 14.2 Å². The Hall–Kier alpha value is -0.380. The molecule has 3 aliphatic rings. The van der Waals surface area contributed by atoms with Crippen molar-refractivity contribution in [1.82, 2.24) is 0 Å². The van der Waals surface area contributed by atoms with Gasteiger partial charge in [-0.2, -0.15) is 0 Å². The first-order valence-corrected chi connectivity index (χ1v) is 9.93. The van der Waals surface area contributed by atoms with Gasteiger partial charge in [-0.3, -0.25) is 0 Å². The highest BCUT2D eigenvalue weighted by Crippen LogP contribution is 2.54. The molecule has 0 spiro atoms. The molecule has 0 N–H and O–H groups in total. The molecule has 1 aliphatic carbocycles. The van der Waals surface area contributed by atoms with Gasteiger partial charge in [0.25, 0.3) is 0 Å². The summed E-state index contributed by atoms with van der Waals surface area (Å²) in [6, 6.07) is 0. The third kappa shape index (κ3) is 3.20. The zero-order chi connectivity index (χ0) is 17.5. The third-order valence-electron chi connectivity index (χ3n) is 7.32. The molecule has 1 saturated carbocycles. The minimum atomic E-state index is -0.169. The van der Waals surface area contributed by atoms with Gasteiger partial charge >= 0.3 is 0 Å². The molecule has 3 fully saturated rings. The van der Waals surface area contributed by atoms with Crippen molar-refractivity contribution in [2.45, 2.75) is 78.5 Å². The Kier molecular flexibility index (Phi) is 5.44. The molecule has 3 rings (SSSR count). The van der Waals surface area contributed by atoms with Crippen LogP contribution < -0.4 is 0 Å². The maximum atomic E-state index is 6.68. The van der Waals surface area contributed by atoms with Crippen LogP contribution in [0.3, 0.4) is 0 Å². The third-order valence-corrected chi connectivity index (χ3v) is 7.32. The summed E-state index contributed by atoms with van der Waals surface area (Å²) in [5.74, 6) is 3.57. The van der Waals surface area contributed by atoms with Gasteiger partial charge in [0.15, 0.2) is 12.6 Å². The molecular weight excluding hydrogens is 300 g/mol. The van der Waals surface area contributed by atoms with Crippen molar-refractivity contribution in [3.05, 3.63) is 12.7 Å². The molecule has 2 saturated heterocycles. The zero-order valence-corrected chi connectivity index (χ0v) is 16.2. The highest BCUT2D eigenvalue weighted by atomic mass is 16.8. The molecule has 0 radical (unpaired) electrons. The van der Waals surface area contributed by atoms with Crippen LogP contribution in [0.2, 0.25) is 0 Å². The lowest BCUT2D eigenvalue weighted by molar-refractivity contribution is -0.347. The molecule has 0 bridgehead atoms. The van der Waals surface area contributed by atoms with Crippen molar-refractivity contribution in [2.75, 3.05) is 6.61 Å². The summed E-state index contributed by atoms with van der Waals surface area (Å²) in [5.41, 5.74) is -0.101. The topological polar surface area (TPSA) is 27.7 Å². The van der Waals surface area contributed by atoms with Crippen LogP contribution in [0.4, 0.5) is 0 Å². The Morgan fingerprint density at radius 3 is 2.62 bits per heavy atom. The van der Waals surface area contributed by atoms with Gasteiger partial charge in [0.2, 0.25) is 0 Å². The second kappa shape index (κ2) is 7.09. The molecule has 0 aromatic heterocycles. The minimum absolute atomic E-state index is 0.101. The van der Waals surface area contributed by atoms with Crippen molar-refractivity contribution in [1.29, 1.82) is 0 Å². The van der Waals surface area contributed by atoms with E-state index in [1.165, 1.54) is 19.3 Å². The maximum absolute atomic E-state index is 6.68. The van der Waals surface area contributed by atoms with E-state index in [-0.39, 0.29) is 18.2 Å². The van der Waals surface area contributed by atoms with E-state index >= 15 is 0 Å². The summed E-state index contributed by atoms with van der Waals surface area (Å²) in [6.45, 7) is 15.9. The Morgan fingerprint density at radius 1 is 1.21 bits per heavy atom. The molecule has 3 heteroatoms. The van der Waals surface area contributed by atoms with Gasteiger partial charge in [0.1, 0.15) is 0 Å². The van der Waals surface area contributed by atoms with E-state index in [2.05, 4.69) is 41.2 Å². The highest BCUT2D eigenvalue weighted by Gasteiger charge is 2.54.